The van der Waals surface area contributed by atoms with Gasteiger partial charge < -0.3 is 20.3 Å². The van der Waals surface area contributed by atoms with E-state index in [-0.39, 0.29) is 5.54 Å². The maximum absolute atomic E-state index is 12.2. The van der Waals surface area contributed by atoms with Crippen molar-refractivity contribution in [3.8, 4) is 0 Å². The van der Waals surface area contributed by atoms with E-state index in [1.165, 1.54) is 17.2 Å². The molecule has 2 aromatic heterocycles. The van der Waals surface area contributed by atoms with Gasteiger partial charge >= 0.3 is 6.36 Å². The number of ether oxygens (including phenoxy) is 2. The number of nitrogens with zero attached hydrogens (tertiary/aromatic N) is 4. The molecule has 3 rings (SSSR count). The number of alkyl halides is 3. The molecule has 150 valence electrons. The number of aliphatic hydroxyl groups is 2. The van der Waals surface area contributed by atoms with E-state index >= 15 is 0 Å². The Morgan fingerprint density at radius 2 is 1.89 bits per heavy atom. The van der Waals surface area contributed by atoms with E-state index < -0.39 is 37.5 Å². The first-order chi connectivity index (χ1) is 12.5. The van der Waals surface area contributed by atoms with Crippen LogP contribution in [0, 0.1) is 0 Å². The van der Waals surface area contributed by atoms with Crippen LogP contribution >= 0.6 is 0 Å². The Bertz CT molecular complexity index is 807. The lowest BCUT2D eigenvalue weighted by Crippen LogP contribution is -2.35. The topological polar surface area (TPSA) is 115 Å². The fourth-order valence-electron chi connectivity index (χ4n) is 2.76. The van der Waals surface area contributed by atoms with Crippen LogP contribution in [0.5, 0.6) is 0 Å². The maximum Gasteiger partial charge on any atom is 0.522 e. The fourth-order valence-corrected chi connectivity index (χ4v) is 2.76. The second kappa shape index (κ2) is 6.86. The Labute approximate surface area is 152 Å². The lowest BCUT2D eigenvalue weighted by Gasteiger charge is -2.21. The zero-order valence-corrected chi connectivity index (χ0v) is 14.8. The van der Waals surface area contributed by atoms with E-state index in [1.807, 2.05) is 20.8 Å². The Morgan fingerprint density at radius 3 is 2.52 bits per heavy atom. The SMILES string of the molecule is CC(C)(C)Nc1ncnc2c1ncn2[C@@H]1O[C@H](COC(F)(F)F)[C@@H](O)[C@H]1O. The van der Waals surface area contributed by atoms with Gasteiger partial charge in [-0.3, -0.25) is 9.30 Å². The van der Waals surface area contributed by atoms with Gasteiger partial charge in [0.1, 0.15) is 24.6 Å². The maximum atomic E-state index is 12.2. The third kappa shape index (κ3) is 4.29. The molecule has 9 nitrogen and oxygen atoms in total. The number of halogens is 3. The van der Waals surface area contributed by atoms with Crippen molar-refractivity contribution in [1.82, 2.24) is 19.5 Å². The predicted octanol–water partition coefficient (Wildman–Crippen LogP) is 1.19. The molecule has 0 unspecified atom stereocenters. The molecule has 0 radical (unpaired) electrons. The highest BCUT2D eigenvalue weighted by Crippen LogP contribution is 2.33. The first-order valence-electron chi connectivity index (χ1n) is 8.14. The minimum absolute atomic E-state index is 0.297. The minimum atomic E-state index is -4.87. The highest BCUT2D eigenvalue weighted by atomic mass is 19.4. The zero-order valence-electron chi connectivity index (χ0n) is 14.8. The van der Waals surface area contributed by atoms with Crippen LogP contribution in [0.2, 0.25) is 0 Å². The Morgan fingerprint density at radius 1 is 1.19 bits per heavy atom. The van der Waals surface area contributed by atoms with Gasteiger partial charge in [0.2, 0.25) is 0 Å². The monoisotopic (exact) mass is 391 g/mol. The number of rotatable bonds is 4. The molecule has 1 saturated heterocycles. The minimum Gasteiger partial charge on any atom is -0.387 e. The lowest BCUT2D eigenvalue weighted by atomic mass is 10.1. The summed E-state index contributed by atoms with van der Waals surface area (Å²) in [6.45, 7) is 4.85. The number of fused-ring (bicyclic) bond motifs is 1. The van der Waals surface area contributed by atoms with Crippen molar-refractivity contribution in [2.45, 2.75) is 57.2 Å². The van der Waals surface area contributed by atoms with Crippen LogP contribution in [0.3, 0.4) is 0 Å². The Kier molecular flexibility index (Phi) is 5.01. The van der Waals surface area contributed by atoms with E-state index in [9.17, 15) is 23.4 Å². The number of aromatic nitrogens is 4. The van der Waals surface area contributed by atoms with Crippen LogP contribution in [-0.2, 0) is 9.47 Å². The molecule has 0 saturated carbocycles. The summed E-state index contributed by atoms with van der Waals surface area (Å²) in [6, 6.07) is 0. The number of hydrogen-bond acceptors (Lipinski definition) is 8. The van der Waals surface area contributed by atoms with Crippen LogP contribution in [-0.4, -0.2) is 66.6 Å². The molecule has 0 aliphatic carbocycles. The van der Waals surface area contributed by atoms with Crippen molar-refractivity contribution in [2.75, 3.05) is 11.9 Å². The van der Waals surface area contributed by atoms with E-state index in [1.54, 1.807) is 0 Å². The first kappa shape index (κ1) is 19.7. The lowest BCUT2D eigenvalue weighted by molar-refractivity contribution is -0.333. The van der Waals surface area contributed by atoms with Crippen LogP contribution < -0.4 is 5.32 Å². The quantitative estimate of drug-likeness (QED) is 0.712. The van der Waals surface area contributed by atoms with Gasteiger partial charge in [-0.1, -0.05) is 0 Å². The van der Waals surface area contributed by atoms with E-state index in [4.69, 9.17) is 4.74 Å². The van der Waals surface area contributed by atoms with Gasteiger partial charge in [0.25, 0.3) is 0 Å². The molecule has 0 aromatic carbocycles. The third-order valence-electron chi connectivity index (χ3n) is 3.87. The number of hydrogen-bond donors (Lipinski definition) is 3. The normalized spacial score (nSPS) is 26.7. The van der Waals surface area contributed by atoms with Crippen molar-refractivity contribution in [3.63, 3.8) is 0 Å². The van der Waals surface area contributed by atoms with Crippen LogP contribution in [0.15, 0.2) is 12.7 Å². The van der Waals surface area contributed by atoms with Crippen LogP contribution in [0.25, 0.3) is 11.2 Å². The molecule has 1 aliphatic heterocycles. The highest BCUT2D eigenvalue weighted by Gasteiger charge is 2.46. The van der Waals surface area contributed by atoms with Crippen LogP contribution in [0.1, 0.15) is 27.0 Å². The van der Waals surface area contributed by atoms with Crippen LogP contribution in [0.4, 0.5) is 19.0 Å². The molecule has 0 spiro atoms. The van der Waals surface area contributed by atoms with Gasteiger partial charge in [0.15, 0.2) is 23.2 Å². The van der Waals surface area contributed by atoms with E-state index in [2.05, 4.69) is 25.0 Å². The number of anilines is 1. The van der Waals surface area contributed by atoms with Gasteiger partial charge in [-0.25, -0.2) is 15.0 Å². The van der Waals surface area contributed by atoms with Crippen molar-refractivity contribution in [1.29, 1.82) is 0 Å². The third-order valence-corrected chi connectivity index (χ3v) is 3.87. The zero-order chi connectivity index (χ0) is 20.0. The Hall–Kier alpha value is -2.02. The molecule has 4 atom stereocenters. The predicted molar refractivity (Wildman–Crippen MR) is 86.6 cm³/mol. The van der Waals surface area contributed by atoms with E-state index in [0.29, 0.717) is 17.0 Å². The Balaban J connectivity index is 1.86. The summed E-state index contributed by atoms with van der Waals surface area (Å²) >= 11 is 0. The molecule has 1 aliphatic rings. The molecule has 2 aromatic rings. The first-order valence-corrected chi connectivity index (χ1v) is 8.14. The second-order valence-electron chi connectivity index (χ2n) is 7.22. The fraction of sp³-hybridized carbons (Fsp3) is 0.667. The van der Waals surface area contributed by atoms with Gasteiger partial charge in [-0.2, -0.15) is 0 Å². The molecule has 27 heavy (non-hydrogen) atoms. The molecule has 1 fully saturated rings. The van der Waals surface area contributed by atoms with Crippen molar-refractivity contribution < 1.29 is 32.9 Å². The molecule has 0 amide bonds. The highest BCUT2D eigenvalue weighted by molar-refractivity contribution is 5.83. The summed E-state index contributed by atoms with van der Waals surface area (Å²) in [5.41, 5.74) is 0.392. The van der Waals surface area contributed by atoms with Gasteiger partial charge in [-0.15, -0.1) is 13.2 Å². The smallest absolute Gasteiger partial charge is 0.387 e. The van der Waals surface area contributed by atoms with Gasteiger partial charge in [-0.05, 0) is 20.8 Å². The molecule has 3 N–H and O–H groups in total. The molecule has 12 heteroatoms. The summed E-state index contributed by atoms with van der Waals surface area (Å²) in [5, 5.41) is 23.4. The summed E-state index contributed by atoms with van der Waals surface area (Å²) in [5.74, 6) is 0.455. The number of nitrogens with one attached hydrogen (secondary N) is 1. The summed E-state index contributed by atoms with van der Waals surface area (Å²) in [7, 11) is 0. The summed E-state index contributed by atoms with van der Waals surface area (Å²) in [4.78, 5) is 12.5. The van der Waals surface area contributed by atoms with Crippen molar-refractivity contribution in [3.05, 3.63) is 12.7 Å². The van der Waals surface area contributed by atoms with Gasteiger partial charge in [0.05, 0.1) is 12.9 Å². The number of imidazole rings is 1. The molecule has 3 heterocycles. The van der Waals surface area contributed by atoms with E-state index in [0.717, 1.165) is 0 Å². The summed E-state index contributed by atoms with van der Waals surface area (Å²) < 4.78 is 47.1. The molecular formula is C15H20F3N5O4. The second-order valence-corrected chi connectivity index (χ2v) is 7.22. The average Bonchev–Trinajstić information content (AvgIpc) is 3.07. The average molecular weight is 391 g/mol. The largest absolute Gasteiger partial charge is 0.522 e. The standard InChI is InChI=1S/C15H20F3N5O4/c1-14(2,3)22-11-8-12(20-5-19-11)23(6-21-8)13-10(25)9(24)7(27-13)4-26-15(16,17)18/h5-7,9-10,13,24-25H,4H2,1-3H3,(H,19,20,22)/t7-,9-,10-,13-/m1/s1. The molecule has 0 bridgehead atoms. The number of aliphatic hydroxyl groups excluding tert-OH is 2. The summed E-state index contributed by atoms with van der Waals surface area (Å²) in [6.07, 6.45) is -7.85. The van der Waals surface area contributed by atoms with Gasteiger partial charge in [0, 0.05) is 5.54 Å². The van der Waals surface area contributed by atoms with Crippen molar-refractivity contribution >= 4 is 17.0 Å². The molecular weight excluding hydrogens is 371 g/mol. The van der Waals surface area contributed by atoms with Crippen molar-refractivity contribution in [2.24, 2.45) is 0 Å².